The zero-order chi connectivity index (χ0) is 18.1. The Bertz CT molecular complexity index is 1010. The van der Waals surface area contributed by atoms with Gasteiger partial charge in [-0.25, -0.2) is 4.39 Å². The molecule has 3 aromatic rings. The van der Waals surface area contributed by atoms with E-state index < -0.39 is 17.5 Å². The number of phenolic OH excluding ortho intramolecular Hbond substituents is 1. The van der Waals surface area contributed by atoms with Crippen molar-refractivity contribution in [1.82, 2.24) is 4.57 Å². The molecule has 1 heterocycles. The molecule has 2 aromatic carbocycles. The summed E-state index contributed by atoms with van der Waals surface area (Å²) in [5.41, 5.74) is 3.21. The largest absolute Gasteiger partial charge is 0.505 e. The maximum atomic E-state index is 13.9. The zero-order valence-electron chi connectivity index (χ0n) is 13.5. The van der Waals surface area contributed by atoms with Crippen molar-refractivity contribution in [2.45, 2.75) is 19.9 Å². The number of fused-ring (bicyclic) bond motifs is 1. The van der Waals surface area contributed by atoms with Gasteiger partial charge in [-0.1, -0.05) is 12.1 Å². The number of rotatable bonds is 4. The van der Waals surface area contributed by atoms with Crippen LogP contribution in [0.4, 0.5) is 4.39 Å². The summed E-state index contributed by atoms with van der Waals surface area (Å²) in [5, 5.41) is 28.2. The number of aromatic nitrogens is 1. The number of carboxylic acids is 1. The molecule has 5 nitrogen and oxygen atoms in total. The molecule has 0 aliphatic heterocycles. The first-order chi connectivity index (χ1) is 11.9. The number of nitriles is 1. The lowest BCUT2D eigenvalue weighted by Gasteiger charge is -2.09. The molecule has 0 saturated heterocycles. The second kappa shape index (κ2) is 6.29. The van der Waals surface area contributed by atoms with E-state index in [9.17, 15) is 14.3 Å². The second-order valence-corrected chi connectivity index (χ2v) is 5.85. The lowest BCUT2D eigenvalue weighted by atomic mass is 10.1. The lowest BCUT2D eigenvalue weighted by Crippen LogP contribution is -2.05. The van der Waals surface area contributed by atoms with Crippen LogP contribution in [0.1, 0.15) is 22.4 Å². The number of hydrogen-bond donors (Lipinski definition) is 2. The van der Waals surface area contributed by atoms with Crippen molar-refractivity contribution in [3.8, 4) is 11.8 Å². The van der Waals surface area contributed by atoms with E-state index in [0.29, 0.717) is 34.3 Å². The molecule has 0 amide bonds. The summed E-state index contributed by atoms with van der Waals surface area (Å²) in [6.45, 7) is 2.18. The van der Waals surface area contributed by atoms with Crippen LogP contribution in [0, 0.1) is 24.1 Å². The van der Waals surface area contributed by atoms with Crippen LogP contribution in [0.3, 0.4) is 0 Å². The van der Waals surface area contributed by atoms with E-state index in [1.54, 1.807) is 31.2 Å². The van der Waals surface area contributed by atoms with Crippen LogP contribution in [0.5, 0.6) is 5.75 Å². The summed E-state index contributed by atoms with van der Waals surface area (Å²) in [5.74, 6) is -2.26. The van der Waals surface area contributed by atoms with Crippen LogP contribution in [0.15, 0.2) is 36.4 Å². The highest BCUT2D eigenvalue weighted by atomic mass is 19.1. The normalized spacial score (nSPS) is 10.8. The van der Waals surface area contributed by atoms with Gasteiger partial charge in [-0.05, 0) is 36.2 Å². The predicted molar refractivity (Wildman–Crippen MR) is 89.9 cm³/mol. The molecule has 2 N–H and O–H groups in total. The SMILES string of the molecule is Cc1c(CC(=O)O)c2cc(O)c(F)cc2n1Cc1ccc(C#N)cc1. The number of phenols is 1. The standard InChI is InChI=1S/C19H15FN2O3/c1-11-14(7-19(24)25)15-6-18(23)16(20)8-17(15)22(11)10-13-4-2-12(9-21)3-5-13/h2-6,8,23H,7,10H2,1H3,(H,24,25). The van der Waals surface area contributed by atoms with Crippen molar-refractivity contribution in [2.24, 2.45) is 0 Å². The summed E-state index contributed by atoms with van der Waals surface area (Å²) < 4.78 is 15.7. The Kier molecular flexibility index (Phi) is 4.15. The molecule has 0 bridgehead atoms. The van der Waals surface area contributed by atoms with Gasteiger partial charge in [-0.2, -0.15) is 5.26 Å². The van der Waals surface area contributed by atoms with Crippen molar-refractivity contribution >= 4 is 16.9 Å². The van der Waals surface area contributed by atoms with Crippen molar-refractivity contribution in [3.63, 3.8) is 0 Å². The Morgan fingerprint density at radius 2 is 1.96 bits per heavy atom. The van der Waals surface area contributed by atoms with Gasteiger partial charge in [-0.15, -0.1) is 0 Å². The number of nitrogens with zero attached hydrogens (tertiary/aromatic N) is 2. The van der Waals surface area contributed by atoms with E-state index in [0.717, 1.165) is 5.56 Å². The Labute approximate surface area is 143 Å². The summed E-state index contributed by atoms with van der Waals surface area (Å²) in [4.78, 5) is 11.2. The average molecular weight is 338 g/mol. The van der Waals surface area contributed by atoms with E-state index in [-0.39, 0.29) is 6.42 Å². The van der Waals surface area contributed by atoms with Gasteiger partial charge in [0.05, 0.1) is 23.6 Å². The molecule has 0 unspecified atom stereocenters. The molecule has 0 fully saturated rings. The van der Waals surface area contributed by atoms with Gasteiger partial charge < -0.3 is 14.8 Å². The van der Waals surface area contributed by atoms with E-state index in [2.05, 4.69) is 0 Å². The quantitative estimate of drug-likeness (QED) is 0.764. The molecule has 0 aliphatic rings. The Morgan fingerprint density at radius 1 is 1.28 bits per heavy atom. The fourth-order valence-electron chi connectivity index (χ4n) is 3.00. The number of carbonyl (C=O) groups is 1. The van der Waals surface area contributed by atoms with Crippen molar-refractivity contribution in [3.05, 3.63) is 64.6 Å². The molecule has 0 saturated carbocycles. The minimum atomic E-state index is -0.996. The van der Waals surface area contributed by atoms with Gasteiger partial charge in [0.25, 0.3) is 0 Å². The fourth-order valence-corrected chi connectivity index (χ4v) is 3.00. The first-order valence-electron chi connectivity index (χ1n) is 7.61. The molecule has 0 spiro atoms. The molecule has 3 rings (SSSR count). The van der Waals surface area contributed by atoms with E-state index >= 15 is 0 Å². The number of benzene rings is 2. The first kappa shape index (κ1) is 16.5. The van der Waals surface area contributed by atoms with Crippen LogP contribution in [0.25, 0.3) is 10.9 Å². The summed E-state index contributed by atoms with van der Waals surface area (Å²) >= 11 is 0. The number of halogens is 1. The third kappa shape index (κ3) is 3.04. The summed E-state index contributed by atoms with van der Waals surface area (Å²) in [6.07, 6.45) is -0.215. The molecule has 0 aliphatic carbocycles. The highest BCUT2D eigenvalue weighted by Gasteiger charge is 2.19. The third-order valence-corrected chi connectivity index (χ3v) is 4.27. The molecule has 0 atom stereocenters. The van der Waals surface area contributed by atoms with Crippen LogP contribution in [-0.4, -0.2) is 20.7 Å². The Morgan fingerprint density at radius 3 is 2.56 bits per heavy atom. The predicted octanol–water partition coefficient (Wildman–Crippen LogP) is 3.34. The monoisotopic (exact) mass is 338 g/mol. The van der Waals surface area contributed by atoms with Gasteiger partial charge in [0.2, 0.25) is 0 Å². The Balaban J connectivity index is 2.15. The number of hydrogen-bond acceptors (Lipinski definition) is 3. The van der Waals surface area contributed by atoms with Gasteiger partial charge in [0.1, 0.15) is 0 Å². The first-order valence-corrected chi connectivity index (χ1v) is 7.61. The van der Waals surface area contributed by atoms with Crippen molar-refractivity contribution in [1.29, 1.82) is 5.26 Å². The van der Waals surface area contributed by atoms with E-state index in [4.69, 9.17) is 10.4 Å². The third-order valence-electron chi connectivity index (χ3n) is 4.27. The Hall–Kier alpha value is -3.33. The van der Waals surface area contributed by atoms with Gasteiger partial charge in [0, 0.05) is 23.7 Å². The average Bonchev–Trinajstić information content (AvgIpc) is 2.81. The molecular weight excluding hydrogens is 323 g/mol. The van der Waals surface area contributed by atoms with Crippen LogP contribution in [0.2, 0.25) is 0 Å². The lowest BCUT2D eigenvalue weighted by molar-refractivity contribution is -0.136. The van der Waals surface area contributed by atoms with Crippen LogP contribution >= 0.6 is 0 Å². The minimum absolute atomic E-state index is 0.215. The number of aliphatic carboxylic acids is 1. The topological polar surface area (TPSA) is 86.2 Å². The van der Waals surface area contributed by atoms with Gasteiger partial charge in [-0.3, -0.25) is 4.79 Å². The summed E-state index contributed by atoms with van der Waals surface area (Å²) in [7, 11) is 0. The van der Waals surface area contributed by atoms with Crippen LogP contribution in [-0.2, 0) is 17.8 Å². The van der Waals surface area contributed by atoms with Gasteiger partial charge in [0.15, 0.2) is 11.6 Å². The zero-order valence-corrected chi connectivity index (χ0v) is 13.5. The maximum Gasteiger partial charge on any atom is 0.307 e. The molecule has 126 valence electrons. The number of aromatic hydroxyl groups is 1. The number of carboxylic acid groups (broad SMARTS) is 1. The molecule has 6 heteroatoms. The van der Waals surface area contributed by atoms with Crippen LogP contribution < -0.4 is 0 Å². The highest BCUT2D eigenvalue weighted by Crippen LogP contribution is 2.32. The molecule has 1 aromatic heterocycles. The van der Waals surface area contributed by atoms with Crippen molar-refractivity contribution < 1.29 is 19.4 Å². The maximum absolute atomic E-state index is 13.9. The molecular formula is C19H15FN2O3. The smallest absolute Gasteiger partial charge is 0.307 e. The van der Waals surface area contributed by atoms with E-state index in [1.165, 1.54) is 12.1 Å². The molecule has 0 radical (unpaired) electrons. The second-order valence-electron chi connectivity index (χ2n) is 5.85. The van der Waals surface area contributed by atoms with E-state index in [1.807, 2.05) is 10.6 Å². The minimum Gasteiger partial charge on any atom is -0.505 e. The fraction of sp³-hybridized carbons (Fsp3) is 0.158. The van der Waals surface area contributed by atoms with Gasteiger partial charge >= 0.3 is 5.97 Å². The summed E-state index contributed by atoms with van der Waals surface area (Å²) in [6, 6.07) is 11.5. The highest BCUT2D eigenvalue weighted by molar-refractivity contribution is 5.90. The molecule has 25 heavy (non-hydrogen) atoms. The van der Waals surface area contributed by atoms with Crippen molar-refractivity contribution in [2.75, 3.05) is 0 Å².